The van der Waals surface area contributed by atoms with Crippen molar-refractivity contribution in [3.8, 4) is 0 Å². The molecule has 2 fully saturated rings. The Labute approximate surface area is 161 Å². The molecule has 0 spiro atoms. The molecular formula is C20H24F3NO4. The Kier molecular flexibility index (Phi) is 5.98. The summed E-state index contributed by atoms with van der Waals surface area (Å²) in [6.45, 7) is 0. The summed E-state index contributed by atoms with van der Waals surface area (Å²) in [5.74, 6) is -2.97. The lowest BCUT2D eigenvalue weighted by Gasteiger charge is -2.49. The molecule has 5 nitrogen and oxygen atoms in total. The van der Waals surface area contributed by atoms with Gasteiger partial charge in [-0.15, -0.1) is 0 Å². The van der Waals surface area contributed by atoms with E-state index in [1.165, 1.54) is 0 Å². The molecule has 4 atom stereocenters. The van der Waals surface area contributed by atoms with Crippen molar-refractivity contribution in [1.82, 2.24) is 5.32 Å². The molecule has 0 aliphatic heterocycles. The summed E-state index contributed by atoms with van der Waals surface area (Å²) >= 11 is 0. The third-order valence-corrected chi connectivity index (χ3v) is 5.76. The van der Waals surface area contributed by atoms with Gasteiger partial charge in [0.15, 0.2) is 5.54 Å². The van der Waals surface area contributed by atoms with Crippen LogP contribution in [0.15, 0.2) is 30.3 Å². The zero-order valence-electron chi connectivity index (χ0n) is 15.6. The number of hydrogen-bond donors (Lipinski definition) is 1. The Balaban J connectivity index is 1.79. The van der Waals surface area contributed by atoms with E-state index in [0.717, 1.165) is 38.4 Å². The minimum Gasteiger partial charge on any atom is -0.467 e. The van der Waals surface area contributed by atoms with Crippen LogP contribution in [0.2, 0.25) is 0 Å². The van der Waals surface area contributed by atoms with Crippen molar-refractivity contribution in [2.75, 3.05) is 7.11 Å². The van der Waals surface area contributed by atoms with Crippen LogP contribution in [-0.4, -0.2) is 42.9 Å². The number of ether oxygens (including phenoxy) is 2. The molecular weight excluding hydrogens is 375 g/mol. The molecule has 1 amide bonds. The van der Waals surface area contributed by atoms with Crippen LogP contribution >= 0.6 is 0 Å². The highest BCUT2D eigenvalue weighted by Gasteiger charge is 2.59. The highest BCUT2D eigenvalue weighted by atomic mass is 19.4. The van der Waals surface area contributed by atoms with Gasteiger partial charge in [0.2, 0.25) is 0 Å². The molecule has 1 aromatic carbocycles. The second kappa shape index (κ2) is 8.11. The van der Waals surface area contributed by atoms with E-state index in [4.69, 9.17) is 9.47 Å². The molecule has 0 heterocycles. The molecule has 2 aliphatic carbocycles. The van der Waals surface area contributed by atoms with E-state index in [-0.39, 0.29) is 18.4 Å². The van der Waals surface area contributed by atoms with Crippen molar-refractivity contribution in [3.63, 3.8) is 0 Å². The fourth-order valence-electron chi connectivity index (χ4n) is 4.17. The van der Waals surface area contributed by atoms with Crippen LogP contribution in [0.3, 0.4) is 0 Å². The molecule has 0 aromatic heterocycles. The molecule has 2 saturated carbocycles. The smallest absolute Gasteiger partial charge is 0.467 e. The molecule has 0 saturated heterocycles. The predicted molar refractivity (Wildman–Crippen MR) is 94.5 cm³/mol. The minimum absolute atomic E-state index is 0.0505. The van der Waals surface area contributed by atoms with Gasteiger partial charge in [-0.25, -0.2) is 4.79 Å². The highest BCUT2D eigenvalue weighted by molar-refractivity contribution is 5.91. The van der Waals surface area contributed by atoms with Gasteiger partial charge in [0, 0.05) is 5.92 Å². The summed E-state index contributed by atoms with van der Waals surface area (Å²) in [7, 11) is 1.09. The van der Waals surface area contributed by atoms with Gasteiger partial charge >= 0.3 is 18.1 Å². The molecule has 28 heavy (non-hydrogen) atoms. The zero-order valence-corrected chi connectivity index (χ0v) is 15.6. The quantitative estimate of drug-likeness (QED) is 0.770. The van der Waals surface area contributed by atoms with E-state index in [1.54, 1.807) is 0 Å². The van der Waals surface area contributed by atoms with Crippen molar-refractivity contribution < 1.29 is 32.2 Å². The normalized spacial score (nSPS) is 30.2. The van der Waals surface area contributed by atoms with Crippen LogP contribution in [-0.2, 0) is 19.1 Å². The first-order chi connectivity index (χ1) is 13.3. The van der Waals surface area contributed by atoms with Gasteiger partial charge in [-0.05, 0) is 31.2 Å². The summed E-state index contributed by atoms with van der Waals surface area (Å²) in [6.07, 6.45) is -2.09. The second-order valence-electron chi connectivity index (χ2n) is 7.42. The lowest BCUT2D eigenvalue weighted by Crippen LogP contribution is -2.71. The molecule has 2 aliphatic rings. The van der Waals surface area contributed by atoms with Gasteiger partial charge in [0.1, 0.15) is 0 Å². The zero-order chi connectivity index (χ0) is 20.4. The number of benzene rings is 1. The summed E-state index contributed by atoms with van der Waals surface area (Å²) in [6, 6.07) is 9.81. The van der Waals surface area contributed by atoms with Gasteiger partial charge in [0.05, 0.1) is 19.3 Å². The molecule has 0 bridgehead atoms. The largest absolute Gasteiger partial charge is 0.471 e. The summed E-state index contributed by atoms with van der Waals surface area (Å²) in [4.78, 5) is 23.8. The van der Waals surface area contributed by atoms with E-state index in [0.29, 0.717) is 6.42 Å². The lowest BCUT2D eigenvalue weighted by atomic mass is 9.72. The van der Waals surface area contributed by atoms with Crippen molar-refractivity contribution in [2.45, 2.75) is 68.4 Å². The third-order valence-electron chi connectivity index (χ3n) is 5.76. The van der Waals surface area contributed by atoms with E-state index in [9.17, 15) is 22.8 Å². The van der Waals surface area contributed by atoms with E-state index in [1.807, 2.05) is 35.6 Å². The maximum absolute atomic E-state index is 12.8. The Morgan fingerprint density at radius 3 is 2.36 bits per heavy atom. The Morgan fingerprint density at radius 2 is 1.79 bits per heavy atom. The highest BCUT2D eigenvalue weighted by Crippen LogP contribution is 2.42. The van der Waals surface area contributed by atoms with Crippen molar-refractivity contribution in [1.29, 1.82) is 0 Å². The number of esters is 1. The number of alkyl halides is 3. The van der Waals surface area contributed by atoms with Crippen molar-refractivity contribution in [3.05, 3.63) is 35.9 Å². The van der Waals surface area contributed by atoms with Gasteiger partial charge in [-0.3, -0.25) is 4.79 Å². The molecule has 0 unspecified atom stereocenters. The summed E-state index contributed by atoms with van der Waals surface area (Å²) < 4.78 is 49.2. The molecule has 1 N–H and O–H groups in total. The Bertz CT molecular complexity index is 709. The minimum atomic E-state index is -5.08. The molecule has 3 rings (SSSR count). The fourth-order valence-corrected chi connectivity index (χ4v) is 4.17. The number of amides is 1. The molecule has 1 aromatic rings. The number of halogens is 3. The number of methoxy groups -OCH3 is 1. The number of hydrogen-bond acceptors (Lipinski definition) is 4. The third kappa shape index (κ3) is 4.01. The number of carbonyl (C=O) groups excluding carboxylic acids is 2. The van der Waals surface area contributed by atoms with Gasteiger partial charge in [0.25, 0.3) is 0 Å². The monoisotopic (exact) mass is 399 g/mol. The topological polar surface area (TPSA) is 64.6 Å². The van der Waals surface area contributed by atoms with Crippen LogP contribution in [0.4, 0.5) is 13.2 Å². The lowest BCUT2D eigenvalue weighted by molar-refractivity contribution is -0.193. The molecule has 8 heteroatoms. The van der Waals surface area contributed by atoms with E-state index >= 15 is 0 Å². The van der Waals surface area contributed by atoms with Gasteiger partial charge in [-0.2, -0.15) is 13.2 Å². The average molecular weight is 399 g/mol. The van der Waals surface area contributed by atoms with E-state index in [2.05, 4.69) is 0 Å². The summed E-state index contributed by atoms with van der Waals surface area (Å²) in [5.41, 5.74) is -0.686. The van der Waals surface area contributed by atoms with Crippen LogP contribution in [0.5, 0.6) is 0 Å². The van der Waals surface area contributed by atoms with Crippen LogP contribution in [0.25, 0.3) is 0 Å². The fraction of sp³-hybridized carbons (Fsp3) is 0.600. The number of rotatable bonds is 5. The van der Waals surface area contributed by atoms with Crippen LogP contribution < -0.4 is 5.32 Å². The molecule has 0 radical (unpaired) electrons. The van der Waals surface area contributed by atoms with Crippen molar-refractivity contribution >= 4 is 11.9 Å². The first kappa shape index (κ1) is 20.6. The average Bonchev–Trinajstić information content (AvgIpc) is 2.68. The van der Waals surface area contributed by atoms with Crippen LogP contribution in [0, 0.1) is 0 Å². The van der Waals surface area contributed by atoms with Crippen molar-refractivity contribution in [2.24, 2.45) is 0 Å². The van der Waals surface area contributed by atoms with Crippen LogP contribution in [0.1, 0.15) is 50.0 Å². The summed E-state index contributed by atoms with van der Waals surface area (Å²) in [5, 5.41) is 1.85. The molecule has 154 valence electrons. The first-order valence-electron chi connectivity index (χ1n) is 9.46. The SMILES string of the molecule is COC(=O)[C@@]1(NC(=O)C(F)(F)F)CC[C@H]1O[C@@H]1CCCC[C@H]1c1ccccc1. The Morgan fingerprint density at radius 1 is 1.11 bits per heavy atom. The Hall–Kier alpha value is -2.09. The number of carbonyl (C=O) groups is 2. The maximum atomic E-state index is 12.8. The maximum Gasteiger partial charge on any atom is 0.471 e. The standard InChI is InChI=1S/C20H24F3NO4/c1-27-18(26)19(24-17(25)20(21,22)23)12-11-16(19)28-15-10-6-5-9-14(15)13-7-3-2-4-8-13/h2-4,7-8,14-16H,5-6,9-12H2,1H3,(H,24,25)/t14-,15+,16+,19+/m0/s1. The number of nitrogens with one attached hydrogen (secondary N) is 1. The van der Waals surface area contributed by atoms with Gasteiger partial charge < -0.3 is 14.8 Å². The van der Waals surface area contributed by atoms with E-state index < -0.39 is 29.7 Å². The predicted octanol–water partition coefficient (Wildman–Crippen LogP) is 3.48. The first-order valence-corrected chi connectivity index (χ1v) is 9.46. The van der Waals surface area contributed by atoms with Gasteiger partial charge in [-0.1, -0.05) is 43.2 Å². The second-order valence-corrected chi connectivity index (χ2v) is 7.42.